The van der Waals surface area contributed by atoms with Crippen molar-refractivity contribution in [3.63, 3.8) is 0 Å². The molecule has 0 aromatic carbocycles. The molecule has 0 radical (unpaired) electrons. The van der Waals surface area contributed by atoms with Crippen LogP contribution in [0.1, 0.15) is 19.3 Å². The van der Waals surface area contributed by atoms with Crippen molar-refractivity contribution in [3.05, 3.63) is 24.6 Å². The van der Waals surface area contributed by atoms with Gasteiger partial charge in [-0.05, 0) is 37.6 Å². The third-order valence-corrected chi connectivity index (χ3v) is 2.13. The Bertz CT molecular complexity index is 313. The molecule has 6 nitrogen and oxygen atoms in total. The molecule has 0 aliphatic heterocycles. The fourth-order valence-corrected chi connectivity index (χ4v) is 1.26. The molecule has 0 aromatic heterocycles. The molecule has 0 aromatic rings. The third kappa shape index (κ3) is 9.14. The standard InChI is InChI=1S/C12H18N2O4/c15-9-3-7-13-6-2-1-5-11(12(17)18)14-8-4-10-16/h3-4,7-11,13-14H,1-2,5-6H2,(H,17,18)/b7-3+,8-4+/t11-/m0/s1. The first kappa shape index (κ1) is 15.9. The van der Waals surface area contributed by atoms with E-state index in [1.165, 1.54) is 18.4 Å². The van der Waals surface area contributed by atoms with Crippen LogP contribution < -0.4 is 10.6 Å². The van der Waals surface area contributed by atoms with E-state index in [0.717, 1.165) is 12.8 Å². The van der Waals surface area contributed by atoms with Gasteiger partial charge < -0.3 is 15.7 Å². The second-order valence-electron chi connectivity index (χ2n) is 3.50. The number of nitrogens with one attached hydrogen (secondary N) is 2. The van der Waals surface area contributed by atoms with Gasteiger partial charge in [0.1, 0.15) is 18.6 Å². The van der Waals surface area contributed by atoms with Crippen LogP contribution in [0, 0.1) is 0 Å². The summed E-state index contributed by atoms with van der Waals surface area (Å²) in [5, 5.41) is 14.4. The van der Waals surface area contributed by atoms with Gasteiger partial charge in [0.2, 0.25) is 0 Å². The van der Waals surface area contributed by atoms with Gasteiger partial charge in [0.15, 0.2) is 0 Å². The summed E-state index contributed by atoms with van der Waals surface area (Å²) in [5.74, 6) is -0.945. The first-order valence-corrected chi connectivity index (χ1v) is 5.65. The lowest BCUT2D eigenvalue weighted by molar-refractivity contribution is -0.139. The molecule has 100 valence electrons. The molecule has 0 bridgehead atoms. The SMILES string of the molecule is O=C/C=C/NCCCC[C@H](N/C=C/C=O)C(=O)O. The molecule has 0 unspecified atom stereocenters. The molecule has 0 saturated heterocycles. The topological polar surface area (TPSA) is 95.5 Å². The number of carboxylic acids is 1. The van der Waals surface area contributed by atoms with Gasteiger partial charge in [0.05, 0.1) is 0 Å². The number of hydrogen-bond acceptors (Lipinski definition) is 5. The number of aliphatic carboxylic acids is 1. The van der Waals surface area contributed by atoms with Crippen LogP contribution in [-0.4, -0.2) is 36.2 Å². The molecule has 0 amide bonds. The zero-order valence-corrected chi connectivity index (χ0v) is 10.0. The average molecular weight is 254 g/mol. The van der Waals surface area contributed by atoms with E-state index in [1.807, 2.05) is 0 Å². The Hall–Kier alpha value is -2.11. The van der Waals surface area contributed by atoms with Crippen LogP contribution in [0.15, 0.2) is 24.6 Å². The normalized spacial score (nSPS) is 12.4. The highest BCUT2D eigenvalue weighted by Gasteiger charge is 2.14. The highest BCUT2D eigenvalue weighted by Crippen LogP contribution is 2.01. The molecule has 0 aliphatic carbocycles. The lowest BCUT2D eigenvalue weighted by atomic mass is 10.1. The fourth-order valence-electron chi connectivity index (χ4n) is 1.26. The van der Waals surface area contributed by atoms with E-state index in [2.05, 4.69) is 10.6 Å². The van der Waals surface area contributed by atoms with Gasteiger partial charge in [0, 0.05) is 12.7 Å². The van der Waals surface area contributed by atoms with Gasteiger partial charge in [-0.3, -0.25) is 9.59 Å². The minimum Gasteiger partial charge on any atom is -0.480 e. The van der Waals surface area contributed by atoms with Crippen LogP contribution in [-0.2, 0) is 14.4 Å². The van der Waals surface area contributed by atoms with E-state index >= 15 is 0 Å². The van der Waals surface area contributed by atoms with Gasteiger partial charge >= 0.3 is 5.97 Å². The molecule has 0 fully saturated rings. The molecule has 0 spiro atoms. The maximum atomic E-state index is 10.8. The summed E-state index contributed by atoms with van der Waals surface area (Å²) in [5.41, 5.74) is 0. The molecule has 3 N–H and O–H groups in total. The van der Waals surface area contributed by atoms with Crippen molar-refractivity contribution in [2.45, 2.75) is 25.3 Å². The molecule has 0 heterocycles. The van der Waals surface area contributed by atoms with E-state index < -0.39 is 12.0 Å². The van der Waals surface area contributed by atoms with Crippen LogP contribution in [0.3, 0.4) is 0 Å². The van der Waals surface area contributed by atoms with Crippen molar-refractivity contribution in [2.24, 2.45) is 0 Å². The van der Waals surface area contributed by atoms with Gasteiger partial charge in [-0.25, -0.2) is 4.79 Å². The molecular weight excluding hydrogens is 236 g/mol. The Kier molecular flexibility index (Phi) is 10.0. The van der Waals surface area contributed by atoms with E-state index in [1.54, 1.807) is 6.20 Å². The summed E-state index contributed by atoms with van der Waals surface area (Å²) in [7, 11) is 0. The summed E-state index contributed by atoms with van der Waals surface area (Å²) in [6.45, 7) is 0.681. The molecule has 1 atom stereocenters. The molecule has 0 saturated carbocycles. The van der Waals surface area contributed by atoms with Crippen LogP contribution >= 0.6 is 0 Å². The van der Waals surface area contributed by atoms with E-state index in [4.69, 9.17) is 5.11 Å². The Morgan fingerprint density at radius 2 is 1.78 bits per heavy atom. The van der Waals surface area contributed by atoms with Crippen molar-refractivity contribution >= 4 is 18.5 Å². The number of allylic oxidation sites excluding steroid dienone is 2. The van der Waals surface area contributed by atoms with E-state index in [-0.39, 0.29) is 0 Å². The molecule has 18 heavy (non-hydrogen) atoms. The maximum absolute atomic E-state index is 10.8. The number of carbonyl (C=O) groups excluding carboxylic acids is 2. The van der Waals surface area contributed by atoms with Crippen molar-refractivity contribution in [1.29, 1.82) is 0 Å². The smallest absolute Gasteiger partial charge is 0.326 e. The third-order valence-electron chi connectivity index (χ3n) is 2.13. The monoisotopic (exact) mass is 254 g/mol. The van der Waals surface area contributed by atoms with Crippen molar-refractivity contribution < 1.29 is 19.5 Å². The van der Waals surface area contributed by atoms with Crippen molar-refractivity contribution in [1.82, 2.24) is 10.6 Å². The second kappa shape index (κ2) is 11.4. The number of hydrogen-bond donors (Lipinski definition) is 3. The number of unbranched alkanes of at least 4 members (excludes halogenated alkanes) is 1. The lowest BCUT2D eigenvalue weighted by Gasteiger charge is -2.12. The summed E-state index contributed by atoms with van der Waals surface area (Å²) in [4.78, 5) is 30.8. The predicted octanol–water partition coefficient (Wildman–Crippen LogP) is 0.214. The minimum absolute atomic E-state index is 0.470. The van der Waals surface area contributed by atoms with Crippen molar-refractivity contribution in [2.75, 3.05) is 6.54 Å². The Morgan fingerprint density at radius 3 is 2.39 bits per heavy atom. The minimum atomic E-state index is -0.945. The quantitative estimate of drug-likeness (QED) is 0.277. The van der Waals surface area contributed by atoms with Gasteiger partial charge in [0.25, 0.3) is 0 Å². The highest BCUT2D eigenvalue weighted by molar-refractivity contribution is 5.73. The number of rotatable bonds is 11. The fraction of sp³-hybridized carbons (Fsp3) is 0.417. The first-order chi connectivity index (χ1) is 8.72. The van der Waals surface area contributed by atoms with Crippen LogP contribution in [0.25, 0.3) is 0 Å². The van der Waals surface area contributed by atoms with Crippen LogP contribution in [0.4, 0.5) is 0 Å². The highest BCUT2D eigenvalue weighted by atomic mass is 16.4. The van der Waals surface area contributed by atoms with Gasteiger partial charge in [-0.1, -0.05) is 0 Å². The Morgan fingerprint density at radius 1 is 1.11 bits per heavy atom. The molecule has 6 heteroatoms. The second-order valence-corrected chi connectivity index (χ2v) is 3.50. The zero-order chi connectivity index (χ0) is 13.6. The molecular formula is C12H18N2O4. The van der Waals surface area contributed by atoms with Crippen LogP contribution in [0.5, 0.6) is 0 Å². The molecule has 0 rings (SSSR count). The average Bonchev–Trinajstić information content (AvgIpc) is 2.35. The van der Waals surface area contributed by atoms with E-state index in [9.17, 15) is 14.4 Å². The maximum Gasteiger partial charge on any atom is 0.326 e. The Balaban J connectivity index is 3.73. The van der Waals surface area contributed by atoms with Crippen molar-refractivity contribution in [3.8, 4) is 0 Å². The zero-order valence-electron chi connectivity index (χ0n) is 10.0. The summed E-state index contributed by atoms with van der Waals surface area (Å²) in [6, 6.07) is -0.688. The summed E-state index contributed by atoms with van der Waals surface area (Å²) < 4.78 is 0. The van der Waals surface area contributed by atoms with Crippen LogP contribution in [0.2, 0.25) is 0 Å². The summed E-state index contributed by atoms with van der Waals surface area (Å²) >= 11 is 0. The largest absolute Gasteiger partial charge is 0.480 e. The van der Waals surface area contributed by atoms with Gasteiger partial charge in [-0.2, -0.15) is 0 Å². The lowest BCUT2D eigenvalue weighted by Crippen LogP contribution is -2.33. The van der Waals surface area contributed by atoms with E-state index in [0.29, 0.717) is 25.5 Å². The number of aldehydes is 2. The summed E-state index contributed by atoms with van der Waals surface area (Å²) in [6.07, 6.45) is 8.69. The number of carboxylic acid groups (broad SMARTS) is 1. The predicted molar refractivity (Wildman–Crippen MR) is 66.8 cm³/mol. The number of carbonyl (C=O) groups is 3. The molecule has 0 aliphatic rings. The first-order valence-electron chi connectivity index (χ1n) is 5.65. The van der Waals surface area contributed by atoms with Gasteiger partial charge in [-0.15, -0.1) is 0 Å². The Labute approximate surface area is 106 Å².